The third kappa shape index (κ3) is 2.68. The molecule has 0 radical (unpaired) electrons. The van der Waals surface area contributed by atoms with Gasteiger partial charge in [-0.05, 0) is 48.5 Å². The molecule has 24 heavy (non-hydrogen) atoms. The summed E-state index contributed by atoms with van der Waals surface area (Å²) in [7, 11) is 0. The molecule has 0 aliphatic rings. The summed E-state index contributed by atoms with van der Waals surface area (Å²) >= 11 is 6.06. The van der Waals surface area contributed by atoms with E-state index in [-0.39, 0.29) is 0 Å². The summed E-state index contributed by atoms with van der Waals surface area (Å²) in [6, 6.07) is 19.6. The summed E-state index contributed by atoms with van der Waals surface area (Å²) in [5, 5.41) is 5.24. The summed E-state index contributed by atoms with van der Waals surface area (Å²) in [4.78, 5) is 4.40. The molecule has 4 nitrogen and oxygen atoms in total. The van der Waals surface area contributed by atoms with Gasteiger partial charge in [-0.1, -0.05) is 23.7 Å². The van der Waals surface area contributed by atoms with Crippen LogP contribution in [0.4, 0.5) is 17.1 Å². The van der Waals surface area contributed by atoms with E-state index in [2.05, 4.69) is 22.4 Å². The first-order valence-corrected chi connectivity index (χ1v) is 7.93. The molecule has 0 aliphatic heterocycles. The highest BCUT2D eigenvalue weighted by Gasteiger charge is 2.08. The van der Waals surface area contributed by atoms with Crippen molar-refractivity contribution >= 4 is 39.6 Å². The second-order valence-corrected chi connectivity index (χ2v) is 5.95. The maximum absolute atomic E-state index is 6.06. The van der Waals surface area contributed by atoms with Crippen LogP contribution in [0.2, 0.25) is 5.02 Å². The van der Waals surface area contributed by atoms with Crippen LogP contribution in [0, 0.1) is 0 Å². The van der Waals surface area contributed by atoms with Crippen molar-refractivity contribution in [1.82, 2.24) is 9.55 Å². The van der Waals surface area contributed by atoms with Crippen molar-refractivity contribution in [2.24, 2.45) is 0 Å². The summed E-state index contributed by atoms with van der Waals surface area (Å²) in [5.74, 6) is 0.833. The van der Waals surface area contributed by atoms with Crippen LogP contribution in [-0.2, 0) is 0 Å². The third-order valence-electron chi connectivity index (χ3n) is 3.85. The fourth-order valence-corrected chi connectivity index (χ4v) is 2.93. The Morgan fingerprint density at radius 2 is 1.88 bits per heavy atom. The molecule has 0 saturated heterocycles. The predicted molar refractivity (Wildman–Crippen MR) is 100 cm³/mol. The summed E-state index contributed by atoms with van der Waals surface area (Å²) in [5.41, 5.74) is 9.41. The number of nitrogens with one attached hydrogen (secondary N) is 1. The minimum absolute atomic E-state index is 0.651. The van der Waals surface area contributed by atoms with Gasteiger partial charge in [0.05, 0.1) is 17.4 Å². The normalized spacial score (nSPS) is 10.9. The molecule has 0 unspecified atom stereocenters. The molecule has 2 aromatic heterocycles. The van der Waals surface area contributed by atoms with E-state index in [1.54, 1.807) is 6.20 Å². The van der Waals surface area contributed by atoms with E-state index < -0.39 is 0 Å². The molecule has 0 saturated carbocycles. The molecule has 0 atom stereocenters. The lowest BCUT2D eigenvalue weighted by Crippen LogP contribution is -1.97. The molecular formula is C19H15ClN4. The molecule has 0 fully saturated rings. The SMILES string of the molecule is Nc1ccc(-n2ccc3c(Nc4cccc(Cl)c4)cccc32)nc1. The number of fused-ring (bicyclic) bond motifs is 1. The monoisotopic (exact) mass is 334 g/mol. The van der Waals surface area contributed by atoms with E-state index in [1.165, 1.54) is 0 Å². The molecule has 2 heterocycles. The quantitative estimate of drug-likeness (QED) is 0.554. The van der Waals surface area contributed by atoms with Crippen molar-refractivity contribution < 1.29 is 0 Å². The Kier molecular flexibility index (Phi) is 3.59. The number of aromatic nitrogens is 2. The number of nitrogens with zero attached hydrogens (tertiary/aromatic N) is 2. The van der Waals surface area contributed by atoms with E-state index in [0.717, 1.165) is 28.1 Å². The van der Waals surface area contributed by atoms with Gasteiger partial charge in [0, 0.05) is 28.0 Å². The maximum Gasteiger partial charge on any atom is 0.137 e. The first-order valence-electron chi connectivity index (χ1n) is 7.55. The fraction of sp³-hybridized carbons (Fsp3) is 0. The summed E-state index contributed by atoms with van der Waals surface area (Å²) in [6.07, 6.45) is 3.67. The molecule has 0 amide bonds. The lowest BCUT2D eigenvalue weighted by molar-refractivity contribution is 1.05. The highest BCUT2D eigenvalue weighted by Crippen LogP contribution is 2.29. The molecule has 0 spiro atoms. The fourth-order valence-electron chi connectivity index (χ4n) is 2.74. The largest absolute Gasteiger partial charge is 0.397 e. The highest BCUT2D eigenvalue weighted by molar-refractivity contribution is 6.30. The molecule has 4 rings (SSSR count). The molecule has 0 bridgehead atoms. The Morgan fingerprint density at radius 1 is 1.00 bits per heavy atom. The summed E-state index contributed by atoms with van der Waals surface area (Å²) in [6.45, 7) is 0. The zero-order chi connectivity index (χ0) is 16.5. The number of pyridine rings is 1. The average molecular weight is 335 g/mol. The van der Waals surface area contributed by atoms with Crippen molar-refractivity contribution in [2.45, 2.75) is 0 Å². The number of nitrogen functional groups attached to an aromatic ring is 1. The van der Waals surface area contributed by atoms with Crippen LogP contribution in [0.3, 0.4) is 0 Å². The molecule has 0 aliphatic carbocycles. The van der Waals surface area contributed by atoms with Gasteiger partial charge < -0.3 is 15.6 Å². The smallest absolute Gasteiger partial charge is 0.137 e. The number of rotatable bonds is 3. The number of anilines is 3. The first kappa shape index (κ1) is 14.6. The second-order valence-electron chi connectivity index (χ2n) is 5.51. The Balaban J connectivity index is 1.77. The number of nitrogens with two attached hydrogens (primary N) is 1. The number of hydrogen-bond acceptors (Lipinski definition) is 3. The Bertz CT molecular complexity index is 1010. The van der Waals surface area contributed by atoms with E-state index in [4.69, 9.17) is 17.3 Å². The molecule has 4 aromatic rings. The van der Waals surface area contributed by atoms with E-state index >= 15 is 0 Å². The standard InChI is InChI=1S/C19H15ClN4/c20-13-3-1-4-15(11-13)23-17-5-2-6-18-16(17)9-10-24(18)19-8-7-14(21)12-22-19/h1-12,23H,21H2. The molecule has 5 heteroatoms. The molecule has 2 aromatic carbocycles. The zero-order valence-corrected chi connectivity index (χ0v) is 13.5. The van der Waals surface area contributed by atoms with Crippen molar-refractivity contribution in [1.29, 1.82) is 0 Å². The minimum atomic E-state index is 0.651. The van der Waals surface area contributed by atoms with E-state index in [1.807, 2.05) is 59.3 Å². The van der Waals surface area contributed by atoms with Crippen molar-refractivity contribution in [2.75, 3.05) is 11.1 Å². The van der Waals surface area contributed by atoms with Gasteiger partial charge in [0.25, 0.3) is 0 Å². The lowest BCUT2D eigenvalue weighted by atomic mass is 10.2. The van der Waals surface area contributed by atoms with Gasteiger partial charge in [0.2, 0.25) is 0 Å². The first-order chi connectivity index (χ1) is 11.7. The van der Waals surface area contributed by atoms with E-state index in [9.17, 15) is 0 Å². The van der Waals surface area contributed by atoms with Crippen LogP contribution in [0.15, 0.2) is 73.1 Å². The lowest BCUT2D eigenvalue weighted by Gasteiger charge is -2.09. The van der Waals surface area contributed by atoms with Crippen LogP contribution >= 0.6 is 11.6 Å². The van der Waals surface area contributed by atoms with Crippen LogP contribution in [0.1, 0.15) is 0 Å². The van der Waals surface area contributed by atoms with Gasteiger partial charge in [-0.2, -0.15) is 0 Å². The van der Waals surface area contributed by atoms with Crippen molar-refractivity contribution in [3.05, 3.63) is 78.1 Å². The molecular weight excluding hydrogens is 320 g/mol. The van der Waals surface area contributed by atoms with Crippen LogP contribution < -0.4 is 11.1 Å². The van der Waals surface area contributed by atoms with Gasteiger partial charge in [0.15, 0.2) is 0 Å². The molecule has 118 valence electrons. The molecule has 3 N–H and O–H groups in total. The third-order valence-corrected chi connectivity index (χ3v) is 4.09. The summed E-state index contributed by atoms with van der Waals surface area (Å²) < 4.78 is 2.04. The predicted octanol–water partition coefficient (Wildman–Crippen LogP) is 5.00. The minimum Gasteiger partial charge on any atom is -0.397 e. The second kappa shape index (κ2) is 5.91. The highest BCUT2D eigenvalue weighted by atomic mass is 35.5. The number of halogens is 1. The van der Waals surface area contributed by atoms with Crippen molar-refractivity contribution in [3.8, 4) is 5.82 Å². The van der Waals surface area contributed by atoms with Gasteiger partial charge >= 0.3 is 0 Å². The number of benzene rings is 2. The number of hydrogen-bond donors (Lipinski definition) is 2. The van der Waals surface area contributed by atoms with Crippen LogP contribution in [0.5, 0.6) is 0 Å². The van der Waals surface area contributed by atoms with E-state index in [0.29, 0.717) is 10.7 Å². The average Bonchev–Trinajstić information content (AvgIpc) is 3.01. The van der Waals surface area contributed by atoms with Gasteiger partial charge in [-0.15, -0.1) is 0 Å². The van der Waals surface area contributed by atoms with Gasteiger partial charge in [0.1, 0.15) is 5.82 Å². The van der Waals surface area contributed by atoms with Crippen LogP contribution in [-0.4, -0.2) is 9.55 Å². The Hall–Kier alpha value is -2.98. The van der Waals surface area contributed by atoms with Crippen molar-refractivity contribution in [3.63, 3.8) is 0 Å². The Labute approximate surface area is 144 Å². The maximum atomic E-state index is 6.06. The van der Waals surface area contributed by atoms with Gasteiger partial charge in [-0.25, -0.2) is 4.98 Å². The van der Waals surface area contributed by atoms with Crippen LogP contribution in [0.25, 0.3) is 16.7 Å². The zero-order valence-electron chi connectivity index (χ0n) is 12.8. The topological polar surface area (TPSA) is 55.9 Å². The van der Waals surface area contributed by atoms with Gasteiger partial charge in [-0.3, -0.25) is 0 Å². The Morgan fingerprint density at radius 3 is 2.67 bits per heavy atom.